The Morgan fingerprint density at radius 1 is 1.57 bits per heavy atom. The lowest BCUT2D eigenvalue weighted by atomic mass is 10.1. The van der Waals surface area contributed by atoms with Crippen LogP contribution in [0.3, 0.4) is 0 Å². The lowest BCUT2D eigenvalue weighted by molar-refractivity contribution is 0.899. The summed E-state index contributed by atoms with van der Waals surface area (Å²) in [5, 5.41) is 3.42. The summed E-state index contributed by atoms with van der Waals surface area (Å²) in [6.07, 6.45) is 2.00. The standard InChI is InChI=1S/C9H8BrClN2S/c1-2-5-3-6-7(10)12-9(11)13-8(6)14-4-5/h4H,2-3H2,1H3. The molecule has 2 heterocycles. The van der Waals surface area contributed by atoms with Crippen LogP contribution in [0.4, 0.5) is 0 Å². The SMILES string of the molecule is CCC1=CSc2nc(Cl)nc(Br)c2C1. The Morgan fingerprint density at radius 3 is 3.07 bits per heavy atom. The highest BCUT2D eigenvalue weighted by atomic mass is 79.9. The molecule has 0 atom stereocenters. The van der Waals surface area contributed by atoms with Gasteiger partial charge >= 0.3 is 0 Å². The van der Waals surface area contributed by atoms with E-state index in [9.17, 15) is 0 Å². The first kappa shape index (κ1) is 10.5. The van der Waals surface area contributed by atoms with Gasteiger partial charge in [-0.3, -0.25) is 0 Å². The maximum absolute atomic E-state index is 5.77. The minimum atomic E-state index is 0.302. The van der Waals surface area contributed by atoms with Crippen molar-refractivity contribution >= 4 is 39.3 Å². The number of allylic oxidation sites excluding steroid dienone is 1. The molecule has 0 aromatic carbocycles. The molecule has 0 unspecified atom stereocenters. The van der Waals surface area contributed by atoms with E-state index in [2.05, 4.69) is 38.2 Å². The zero-order chi connectivity index (χ0) is 10.1. The van der Waals surface area contributed by atoms with E-state index < -0.39 is 0 Å². The third-order valence-electron chi connectivity index (χ3n) is 2.09. The third-order valence-corrected chi connectivity index (χ3v) is 3.92. The van der Waals surface area contributed by atoms with Crippen molar-refractivity contribution in [2.45, 2.75) is 24.8 Å². The molecule has 0 saturated carbocycles. The summed E-state index contributed by atoms with van der Waals surface area (Å²) < 4.78 is 0.819. The molecule has 14 heavy (non-hydrogen) atoms. The summed E-state index contributed by atoms with van der Waals surface area (Å²) in [6.45, 7) is 2.15. The summed E-state index contributed by atoms with van der Waals surface area (Å²) in [6, 6.07) is 0. The van der Waals surface area contributed by atoms with Crippen LogP contribution in [-0.4, -0.2) is 9.97 Å². The maximum atomic E-state index is 5.77. The van der Waals surface area contributed by atoms with Crippen molar-refractivity contribution in [1.29, 1.82) is 0 Å². The Bertz CT molecular complexity index is 406. The van der Waals surface area contributed by atoms with Gasteiger partial charge in [0.2, 0.25) is 5.28 Å². The second-order valence-electron chi connectivity index (χ2n) is 2.99. The molecule has 1 aromatic heterocycles. The molecule has 5 heteroatoms. The Hall–Kier alpha value is -0.0600. The molecule has 1 aromatic rings. The number of rotatable bonds is 1. The molecule has 0 aliphatic carbocycles. The van der Waals surface area contributed by atoms with Crippen LogP contribution in [-0.2, 0) is 6.42 Å². The van der Waals surface area contributed by atoms with Crippen LogP contribution in [0.1, 0.15) is 18.9 Å². The van der Waals surface area contributed by atoms with Gasteiger partial charge in [0, 0.05) is 5.56 Å². The number of fused-ring (bicyclic) bond motifs is 1. The minimum absolute atomic E-state index is 0.302. The molecular weight excluding hydrogens is 284 g/mol. The Kier molecular flexibility index (Phi) is 3.14. The average Bonchev–Trinajstić information content (AvgIpc) is 2.17. The molecule has 0 spiro atoms. The van der Waals surface area contributed by atoms with E-state index in [1.807, 2.05) is 0 Å². The van der Waals surface area contributed by atoms with Crippen LogP contribution in [0.15, 0.2) is 20.6 Å². The molecule has 0 saturated heterocycles. The topological polar surface area (TPSA) is 25.8 Å². The van der Waals surface area contributed by atoms with Crippen LogP contribution in [0.2, 0.25) is 5.28 Å². The molecule has 2 nitrogen and oxygen atoms in total. The van der Waals surface area contributed by atoms with Gasteiger partial charge in [-0.15, -0.1) is 0 Å². The summed E-state index contributed by atoms with van der Waals surface area (Å²) in [4.78, 5) is 8.27. The molecular formula is C9H8BrClN2S. The van der Waals surface area contributed by atoms with Crippen LogP contribution in [0, 0.1) is 0 Å². The number of thioether (sulfide) groups is 1. The molecule has 2 rings (SSSR count). The second kappa shape index (κ2) is 4.21. The van der Waals surface area contributed by atoms with Crippen LogP contribution in [0.25, 0.3) is 0 Å². The third kappa shape index (κ3) is 1.97. The predicted octanol–water partition coefficient (Wildman–Crippen LogP) is 3.83. The number of hydrogen-bond acceptors (Lipinski definition) is 3. The number of nitrogens with zero attached hydrogens (tertiary/aromatic N) is 2. The quantitative estimate of drug-likeness (QED) is 0.581. The van der Waals surface area contributed by atoms with E-state index in [-0.39, 0.29) is 0 Å². The zero-order valence-electron chi connectivity index (χ0n) is 7.55. The van der Waals surface area contributed by atoms with Crippen molar-refractivity contribution in [3.8, 4) is 0 Å². The molecule has 0 bridgehead atoms. The highest BCUT2D eigenvalue weighted by molar-refractivity contribution is 9.10. The van der Waals surface area contributed by atoms with E-state index in [1.165, 1.54) is 5.57 Å². The van der Waals surface area contributed by atoms with Crippen molar-refractivity contribution in [3.63, 3.8) is 0 Å². The molecule has 0 fully saturated rings. The first-order valence-corrected chi connectivity index (χ1v) is 6.32. The Balaban J connectivity index is 2.43. The minimum Gasteiger partial charge on any atom is -0.211 e. The average molecular weight is 292 g/mol. The number of aromatic nitrogens is 2. The summed E-state index contributed by atoms with van der Waals surface area (Å²) in [5.74, 6) is 0. The summed E-state index contributed by atoms with van der Waals surface area (Å²) >= 11 is 10.8. The van der Waals surface area contributed by atoms with Gasteiger partial charge in [-0.1, -0.05) is 24.3 Å². The first-order chi connectivity index (χ1) is 6.70. The van der Waals surface area contributed by atoms with Gasteiger partial charge in [-0.25, -0.2) is 9.97 Å². The Labute approximate surface area is 100 Å². The van der Waals surface area contributed by atoms with E-state index in [0.717, 1.165) is 28.0 Å². The summed E-state index contributed by atoms with van der Waals surface area (Å²) in [7, 11) is 0. The van der Waals surface area contributed by atoms with Crippen LogP contribution in [0.5, 0.6) is 0 Å². The summed E-state index contributed by atoms with van der Waals surface area (Å²) in [5.41, 5.74) is 2.56. The van der Waals surface area contributed by atoms with Gasteiger partial charge in [0.05, 0.1) is 0 Å². The highest BCUT2D eigenvalue weighted by Crippen LogP contribution is 2.35. The van der Waals surface area contributed by atoms with Crippen LogP contribution >= 0.6 is 39.3 Å². The number of halogens is 2. The van der Waals surface area contributed by atoms with Gasteiger partial charge < -0.3 is 0 Å². The molecule has 74 valence electrons. The second-order valence-corrected chi connectivity index (χ2v) is 4.94. The van der Waals surface area contributed by atoms with Crippen LogP contribution < -0.4 is 0 Å². The fourth-order valence-corrected chi connectivity index (χ4v) is 3.20. The molecule has 1 aliphatic heterocycles. The molecule has 0 radical (unpaired) electrons. The predicted molar refractivity (Wildman–Crippen MR) is 62.7 cm³/mol. The highest BCUT2D eigenvalue weighted by Gasteiger charge is 2.16. The first-order valence-electron chi connectivity index (χ1n) is 4.27. The van der Waals surface area contributed by atoms with Crippen molar-refractivity contribution < 1.29 is 0 Å². The fraction of sp³-hybridized carbons (Fsp3) is 0.333. The van der Waals surface area contributed by atoms with Crippen molar-refractivity contribution in [3.05, 3.63) is 26.4 Å². The van der Waals surface area contributed by atoms with Gasteiger partial charge in [0.15, 0.2) is 0 Å². The maximum Gasteiger partial charge on any atom is 0.224 e. The Morgan fingerprint density at radius 2 is 2.36 bits per heavy atom. The van der Waals surface area contributed by atoms with Crippen molar-refractivity contribution in [1.82, 2.24) is 9.97 Å². The van der Waals surface area contributed by atoms with Gasteiger partial charge in [-0.2, -0.15) is 0 Å². The van der Waals surface area contributed by atoms with E-state index in [1.54, 1.807) is 11.8 Å². The lowest BCUT2D eigenvalue weighted by Gasteiger charge is -2.15. The van der Waals surface area contributed by atoms with Gasteiger partial charge in [0.25, 0.3) is 0 Å². The normalized spacial score (nSPS) is 14.9. The molecule has 1 aliphatic rings. The zero-order valence-corrected chi connectivity index (χ0v) is 10.7. The fourth-order valence-electron chi connectivity index (χ4n) is 1.28. The van der Waals surface area contributed by atoms with Crippen molar-refractivity contribution in [2.24, 2.45) is 0 Å². The monoisotopic (exact) mass is 290 g/mol. The smallest absolute Gasteiger partial charge is 0.211 e. The molecule has 0 amide bonds. The largest absolute Gasteiger partial charge is 0.224 e. The number of hydrogen-bond donors (Lipinski definition) is 0. The van der Waals surface area contributed by atoms with Crippen molar-refractivity contribution in [2.75, 3.05) is 0 Å². The van der Waals surface area contributed by atoms with E-state index in [0.29, 0.717) is 5.28 Å². The van der Waals surface area contributed by atoms with E-state index >= 15 is 0 Å². The molecule has 0 N–H and O–H groups in total. The van der Waals surface area contributed by atoms with Gasteiger partial charge in [-0.05, 0) is 45.8 Å². The van der Waals surface area contributed by atoms with E-state index in [4.69, 9.17) is 11.6 Å². The van der Waals surface area contributed by atoms with Gasteiger partial charge in [0.1, 0.15) is 9.63 Å². The lowest BCUT2D eigenvalue weighted by Crippen LogP contribution is -2.02.